The Labute approximate surface area is 114 Å². The number of carbonyl (C=O) groups excluding carboxylic acids is 1. The molecule has 0 spiro atoms. The van der Waals surface area contributed by atoms with E-state index < -0.39 is 0 Å². The first-order valence-electron chi connectivity index (χ1n) is 5.75. The predicted octanol–water partition coefficient (Wildman–Crippen LogP) is 2.08. The van der Waals surface area contributed by atoms with Crippen LogP contribution in [0.25, 0.3) is 0 Å². The van der Waals surface area contributed by atoms with Crippen LogP contribution in [0.4, 0.5) is 4.39 Å². The summed E-state index contributed by atoms with van der Waals surface area (Å²) in [5.74, 6) is -0.738. The molecule has 0 bridgehead atoms. The van der Waals surface area contributed by atoms with Crippen molar-refractivity contribution in [3.05, 3.63) is 35.6 Å². The molecule has 0 aliphatic heterocycles. The summed E-state index contributed by atoms with van der Waals surface area (Å²) in [6.07, 6.45) is 0. The fourth-order valence-corrected chi connectivity index (χ4v) is 1.44. The Kier molecular flexibility index (Phi) is 7.55. The van der Waals surface area contributed by atoms with Crippen molar-refractivity contribution in [1.82, 2.24) is 10.6 Å². The number of nitrogens with one attached hydrogen (secondary N) is 2. The minimum absolute atomic E-state index is 0. The highest BCUT2D eigenvalue weighted by Gasteiger charge is 2.15. The van der Waals surface area contributed by atoms with Crippen LogP contribution in [0.2, 0.25) is 0 Å². The Morgan fingerprint density at radius 3 is 2.61 bits per heavy atom. The van der Waals surface area contributed by atoms with Crippen molar-refractivity contribution in [3.8, 4) is 0 Å². The van der Waals surface area contributed by atoms with Gasteiger partial charge in [0.1, 0.15) is 5.82 Å². The largest absolute Gasteiger partial charge is 0.354 e. The number of likely N-dealkylation sites (N-methyl/N-ethyl adjacent to an activating group) is 1. The molecule has 2 unspecified atom stereocenters. The average Bonchev–Trinajstić information content (AvgIpc) is 2.34. The van der Waals surface area contributed by atoms with Crippen LogP contribution in [-0.4, -0.2) is 25.5 Å². The maximum Gasteiger partial charge on any atom is 0.227 e. The summed E-state index contributed by atoms with van der Waals surface area (Å²) in [5, 5.41) is 5.86. The molecule has 5 heteroatoms. The number of halogens is 2. The van der Waals surface area contributed by atoms with E-state index in [1.807, 2.05) is 14.0 Å². The lowest BCUT2D eigenvalue weighted by atomic mass is 10.0. The van der Waals surface area contributed by atoms with Gasteiger partial charge in [-0.2, -0.15) is 0 Å². The van der Waals surface area contributed by atoms with E-state index in [1.165, 1.54) is 12.1 Å². The Bertz CT molecular complexity index is 387. The van der Waals surface area contributed by atoms with Gasteiger partial charge in [-0.25, -0.2) is 4.39 Å². The summed E-state index contributed by atoms with van der Waals surface area (Å²) in [5.41, 5.74) is 0.694. The molecule has 2 atom stereocenters. The van der Waals surface area contributed by atoms with E-state index in [9.17, 15) is 9.18 Å². The Morgan fingerprint density at radius 1 is 1.39 bits per heavy atom. The molecule has 0 fully saturated rings. The quantitative estimate of drug-likeness (QED) is 0.863. The van der Waals surface area contributed by atoms with Gasteiger partial charge in [0.2, 0.25) is 5.91 Å². The molecule has 2 N–H and O–H groups in total. The zero-order valence-corrected chi connectivity index (χ0v) is 11.7. The van der Waals surface area contributed by atoms with Crippen LogP contribution >= 0.6 is 12.4 Å². The number of hydrogen-bond donors (Lipinski definition) is 2. The first kappa shape index (κ1) is 16.9. The number of rotatable bonds is 5. The first-order chi connectivity index (χ1) is 8.04. The summed E-state index contributed by atoms with van der Waals surface area (Å²) >= 11 is 0. The van der Waals surface area contributed by atoms with Crippen molar-refractivity contribution in [2.75, 3.05) is 13.6 Å². The second-order valence-corrected chi connectivity index (χ2v) is 4.21. The summed E-state index contributed by atoms with van der Waals surface area (Å²) < 4.78 is 13.0. The molecule has 0 aliphatic carbocycles. The zero-order valence-electron chi connectivity index (χ0n) is 10.9. The Morgan fingerprint density at radius 2 is 2.06 bits per heavy atom. The van der Waals surface area contributed by atoms with E-state index in [2.05, 4.69) is 10.6 Å². The van der Waals surface area contributed by atoms with Crippen molar-refractivity contribution in [3.63, 3.8) is 0 Å². The van der Waals surface area contributed by atoms with Gasteiger partial charge in [0.25, 0.3) is 0 Å². The molecule has 0 saturated carbocycles. The van der Waals surface area contributed by atoms with Gasteiger partial charge in [0, 0.05) is 12.6 Å². The van der Waals surface area contributed by atoms with Gasteiger partial charge in [-0.1, -0.05) is 12.1 Å². The summed E-state index contributed by atoms with van der Waals surface area (Å²) in [7, 11) is 1.84. The third-order valence-corrected chi connectivity index (χ3v) is 2.82. The molecular formula is C13H20ClFN2O. The van der Waals surface area contributed by atoms with Crippen LogP contribution in [0.3, 0.4) is 0 Å². The van der Waals surface area contributed by atoms with E-state index in [-0.39, 0.29) is 36.1 Å². The molecule has 18 heavy (non-hydrogen) atoms. The maximum absolute atomic E-state index is 13.0. The fraction of sp³-hybridized carbons (Fsp3) is 0.462. The number of carbonyl (C=O) groups is 1. The number of benzene rings is 1. The highest BCUT2D eigenvalue weighted by atomic mass is 35.5. The first-order valence-corrected chi connectivity index (χ1v) is 5.75. The lowest BCUT2D eigenvalue weighted by Gasteiger charge is -2.15. The van der Waals surface area contributed by atoms with E-state index >= 15 is 0 Å². The van der Waals surface area contributed by atoms with Crippen LogP contribution < -0.4 is 10.6 Å². The Hall–Kier alpha value is -1.13. The van der Waals surface area contributed by atoms with Crippen LogP contribution in [0, 0.1) is 5.82 Å². The summed E-state index contributed by atoms with van der Waals surface area (Å²) in [4.78, 5) is 11.8. The van der Waals surface area contributed by atoms with Crippen LogP contribution in [0.1, 0.15) is 25.3 Å². The topological polar surface area (TPSA) is 41.1 Å². The van der Waals surface area contributed by atoms with E-state index in [0.29, 0.717) is 12.1 Å². The Balaban J connectivity index is 0.00000289. The lowest BCUT2D eigenvalue weighted by molar-refractivity contribution is -0.122. The third kappa shape index (κ3) is 5.02. The van der Waals surface area contributed by atoms with Gasteiger partial charge in [0.15, 0.2) is 0 Å². The highest BCUT2D eigenvalue weighted by molar-refractivity contribution is 5.85. The molecule has 1 amide bonds. The molecule has 1 aromatic carbocycles. The lowest BCUT2D eigenvalue weighted by Crippen LogP contribution is -2.38. The van der Waals surface area contributed by atoms with Crippen molar-refractivity contribution < 1.29 is 9.18 Å². The summed E-state index contributed by atoms with van der Waals surface area (Å²) in [6, 6.07) is 6.36. The fourth-order valence-electron chi connectivity index (χ4n) is 1.44. The van der Waals surface area contributed by atoms with Gasteiger partial charge in [0.05, 0.1) is 5.92 Å². The smallest absolute Gasteiger partial charge is 0.227 e. The standard InChI is InChI=1S/C13H19FN2O.ClH/c1-9(15-3)8-16-13(17)10(2)11-5-4-6-12(14)7-11;/h4-7,9-10,15H,8H2,1-3H3,(H,16,17);1H. The maximum atomic E-state index is 13.0. The molecule has 0 aliphatic rings. The minimum atomic E-state index is -0.338. The minimum Gasteiger partial charge on any atom is -0.354 e. The molecule has 0 aromatic heterocycles. The van der Waals surface area contributed by atoms with E-state index in [4.69, 9.17) is 0 Å². The van der Waals surface area contributed by atoms with Gasteiger partial charge in [-0.3, -0.25) is 4.79 Å². The van der Waals surface area contributed by atoms with Crippen molar-refractivity contribution in [1.29, 1.82) is 0 Å². The number of amides is 1. The van der Waals surface area contributed by atoms with Gasteiger partial charge in [-0.05, 0) is 38.6 Å². The summed E-state index contributed by atoms with van der Waals surface area (Å²) in [6.45, 7) is 4.32. The van der Waals surface area contributed by atoms with Gasteiger partial charge >= 0.3 is 0 Å². The molecule has 0 saturated heterocycles. The zero-order chi connectivity index (χ0) is 12.8. The normalized spacial score (nSPS) is 13.3. The van der Waals surface area contributed by atoms with Crippen molar-refractivity contribution in [2.24, 2.45) is 0 Å². The van der Waals surface area contributed by atoms with E-state index in [1.54, 1.807) is 19.1 Å². The average molecular weight is 275 g/mol. The molecule has 1 aromatic rings. The van der Waals surface area contributed by atoms with Crippen LogP contribution in [0.5, 0.6) is 0 Å². The van der Waals surface area contributed by atoms with E-state index in [0.717, 1.165) is 0 Å². The molecule has 0 heterocycles. The second-order valence-electron chi connectivity index (χ2n) is 4.21. The molecule has 3 nitrogen and oxygen atoms in total. The molecule has 1 rings (SSSR count). The second kappa shape index (κ2) is 8.06. The highest BCUT2D eigenvalue weighted by Crippen LogP contribution is 2.16. The predicted molar refractivity (Wildman–Crippen MR) is 73.6 cm³/mol. The number of hydrogen-bond acceptors (Lipinski definition) is 2. The van der Waals surface area contributed by atoms with Gasteiger partial charge in [-0.15, -0.1) is 12.4 Å². The SMILES string of the molecule is CNC(C)CNC(=O)C(C)c1cccc(F)c1.Cl. The van der Waals surface area contributed by atoms with Crippen molar-refractivity contribution >= 4 is 18.3 Å². The monoisotopic (exact) mass is 274 g/mol. The van der Waals surface area contributed by atoms with Crippen LogP contribution in [-0.2, 0) is 4.79 Å². The van der Waals surface area contributed by atoms with Gasteiger partial charge < -0.3 is 10.6 Å². The molecular weight excluding hydrogens is 255 g/mol. The van der Waals surface area contributed by atoms with Crippen molar-refractivity contribution in [2.45, 2.75) is 25.8 Å². The molecule has 0 radical (unpaired) electrons. The third-order valence-electron chi connectivity index (χ3n) is 2.82. The molecule has 102 valence electrons. The van der Waals surface area contributed by atoms with Crippen LogP contribution in [0.15, 0.2) is 24.3 Å².